The average Bonchev–Trinajstić information content (AvgIpc) is 2.92. The second-order valence-corrected chi connectivity index (χ2v) is 7.19. The lowest BCUT2D eigenvalue weighted by Gasteiger charge is -2.11. The maximum absolute atomic E-state index is 11.9. The van der Waals surface area contributed by atoms with Crippen molar-refractivity contribution in [3.05, 3.63) is 34.9 Å². The Balaban J connectivity index is 1.95. The van der Waals surface area contributed by atoms with Gasteiger partial charge in [-0.15, -0.1) is 11.3 Å². The van der Waals surface area contributed by atoms with Gasteiger partial charge in [0.25, 0.3) is 0 Å². The normalized spacial score (nSPS) is 11.8. The van der Waals surface area contributed by atoms with Gasteiger partial charge in [-0.05, 0) is 12.1 Å². The van der Waals surface area contributed by atoms with Crippen molar-refractivity contribution in [2.45, 2.75) is 11.3 Å². The van der Waals surface area contributed by atoms with Crippen molar-refractivity contribution in [1.29, 1.82) is 0 Å². The molecule has 108 valence electrons. The Bertz CT molecular complexity index is 637. The van der Waals surface area contributed by atoms with Gasteiger partial charge in [0.05, 0.1) is 11.2 Å². The predicted octanol–water partition coefficient (Wildman–Crippen LogP) is 1.44. The zero-order valence-electron chi connectivity index (χ0n) is 11.3. The predicted molar refractivity (Wildman–Crippen MR) is 79.4 cm³/mol. The van der Waals surface area contributed by atoms with Crippen LogP contribution in [0.1, 0.15) is 5.69 Å². The number of pyridine rings is 1. The molecule has 0 atom stereocenters. The van der Waals surface area contributed by atoms with Gasteiger partial charge >= 0.3 is 0 Å². The fraction of sp³-hybridized carbons (Fsp3) is 0.333. The molecule has 2 aromatic rings. The van der Waals surface area contributed by atoms with Crippen molar-refractivity contribution in [3.8, 4) is 0 Å². The number of hydrogen-bond acceptors (Lipinski definition) is 6. The summed E-state index contributed by atoms with van der Waals surface area (Å²) in [5.41, 5.74) is 2.84. The number of sulfonamides is 1. The molecule has 2 aromatic heterocycles. The summed E-state index contributed by atoms with van der Waals surface area (Å²) in [4.78, 5) is 8.49. The molecule has 0 aliphatic heterocycles. The molecule has 0 radical (unpaired) electrons. The molecule has 2 heterocycles. The van der Waals surface area contributed by atoms with E-state index in [1.807, 2.05) is 5.38 Å². The fourth-order valence-electron chi connectivity index (χ4n) is 1.53. The van der Waals surface area contributed by atoms with Gasteiger partial charge in [0.2, 0.25) is 10.0 Å². The van der Waals surface area contributed by atoms with Gasteiger partial charge in [-0.2, -0.15) is 0 Å². The zero-order chi connectivity index (χ0) is 14.6. The van der Waals surface area contributed by atoms with Crippen LogP contribution in [0.2, 0.25) is 0 Å². The number of thiazole rings is 1. The number of rotatable bonds is 6. The van der Waals surface area contributed by atoms with Crippen LogP contribution >= 0.6 is 11.3 Å². The zero-order valence-corrected chi connectivity index (χ0v) is 12.9. The summed E-state index contributed by atoms with van der Waals surface area (Å²) < 4.78 is 24.9. The summed E-state index contributed by atoms with van der Waals surface area (Å²) in [6.45, 7) is 0.705. The van der Waals surface area contributed by atoms with Gasteiger partial charge in [0, 0.05) is 38.6 Å². The molecule has 0 aliphatic rings. The summed E-state index contributed by atoms with van der Waals surface area (Å²) in [5.74, 6) is 0.651. The molecular formula is C12H16N4O2S2. The second-order valence-electron chi connectivity index (χ2n) is 4.32. The largest absolute Gasteiger partial charge is 0.370 e. The lowest BCUT2D eigenvalue weighted by atomic mass is 10.3. The number of hydrogen-bond donors (Lipinski definition) is 1. The monoisotopic (exact) mass is 312 g/mol. The van der Waals surface area contributed by atoms with Gasteiger partial charge < -0.3 is 5.32 Å². The van der Waals surface area contributed by atoms with Crippen LogP contribution in [0.3, 0.4) is 0 Å². The Hall–Kier alpha value is -1.51. The van der Waals surface area contributed by atoms with Crippen LogP contribution in [0.25, 0.3) is 0 Å². The fourth-order valence-corrected chi connectivity index (χ4v) is 2.97. The number of aromatic nitrogens is 2. The Labute approximate surface area is 122 Å². The average molecular weight is 312 g/mol. The quantitative estimate of drug-likeness (QED) is 0.873. The molecule has 0 saturated carbocycles. The molecule has 0 aliphatic carbocycles. The highest BCUT2D eigenvalue weighted by molar-refractivity contribution is 7.89. The van der Waals surface area contributed by atoms with Crippen LogP contribution in [0, 0.1) is 0 Å². The minimum atomic E-state index is -3.42. The SMILES string of the molecule is CN(C)S(=O)(=O)c1ccc(NCCc2cscn2)nc1. The number of anilines is 1. The molecule has 8 heteroatoms. The van der Waals surface area contributed by atoms with Crippen LogP contribution in [0.5, 0.6) is 0 Å². The van der Waals surface area contributed by atoms with Crippen LogP contribution < -0.4 is 5.32 Å². The number of nitrogens with zero attached hydrogens (tertiary/aromatic N) is 3. The molecule has 20 heavy (non-hydrogen) atoms. The Morgan fingerprint density at radius 3 is 2.65 bits per heavy atom. The van der Waals surface area contributed by atoms with Gasteiger partial charge in [0.15, 0.2) is 0 Å². The van der Waals surface area contributed by atoms with Crippen molar-refractivity contribution in [1.82, 2.24) is 14.3 Å². The first-order chi connectivity index (χ1) is 9.50. The van der Waals surface area contributed by atoms with Gasteiger partial charge in [-0.3, -0.25) is 0 Å². The van der Waals surface area contributed by atoms with Gasteiger partial charge in [0.1, 0.15) is 10.7 Å². The summed E-state index contributed by atoms with van der Waals surface area (Å²) in [6.07, 6.45) is 2.17. The number of nitrogens with one attached hydrogen (secondary N) is 1. The lowest BCUT2D eigenvalue weighted by Crippen LogP contribution is -2.22. The Kier molecular flexibility index (Phi) is 4.69. The third kappa shape index (κ3) is 3.53. The molecule has 6 nitrogen and oxygen atoms in total. The highest BCUT2D eigenvalue weighted by Gasteiger charge is 2.17. The van der Waals surface area contributed by atoms with E-state index in [4.69, 9.17) is 0 Å². The molecule has 0 fully saturated rings. The molecule has 0 bridgehead atoms. The standard InChI is InChI=1S/C12H16N4O2S2/c1-16(2)20(17,18)11-3-4-12(14-7-11)13-6-5-10-8-19-9-15-10/h3-4,7-9H,5-6H2,1-2H3,(H,13,14). The van der Waals surface area contributed by atoms with E-state index in [-0.39, 0.29) is 4.90 Å². The van der Waals surface area contributed by atoms with Crippen molar-refractivity contribution >= 4 is 27.2 Å². The molecule has 0 spiro atoms. The molecular weight excluding hydrogens is 296 g/mol. The maximum Gasteiger partial charge on any atom is 0.244 e. The van der Waals surface area contributed by atoms with E-state index < -0.39 is 10.0 Å². The van der Waals surface area contributed by atoms with Crippen LogP contribution in [-0.2, 0) is 16.4 Å². The van der Waals surface area contributed by atoms with E-state index in [2.05, 4.69) is 15.3 Å². The maximum atomic E-state index is 11.9. The topological polar surface area (TPSA) is 75.2 Å². The third-order valence-corrected chi connectivity index (χ3v) is 5.12. The summed E-state index contributed by atoms with van der Waals surface area (Å²) in [5, 5.41) is 5.14. The Morgan fingerprint density at radius 2 is 2.10 bits per heavy atom. The van der Waals surface area contributed by atoms with Crippen LogP contribution in [0.4, 0.5) is 5.82 Å². The van der Waals surface area contributed by atoms with Crippen molar-refractivity contribution in [2.24, 2.45) is 0 Å². The van der Waals surface area contributed by atoms with E-state index in [9.17, 15) is 8.42 Å². The van der Waals surface area contributed by atoms with E-state index in [0.29, 0.717) is 12.4 Å². The molecule has 0 unspecified atom stereocenters. The first-order valence-corrected chi connectivity index (χ1v) is 8.38. The minimum absolute atomic E-state index is 0.188. The van der Waals surface area contributed by atoms with Crippen molar-refractivity contribution in [3.63, 3.8) is 0 Å². The minimum Gasteiger partial charge on any atom is -0.370 e. The highest BCUT2D eigenvalue weighted by atomic mass is 32.2. The molecule has 1 N–H and O–H groups in total. The molecule has 0 saturated heterocycles. The Morgan fingerprint density at radius 1 is 1.30 bits per heavy atom. The molecule has 0 aromatic carbocycles. The van der Waals surface area contributed by atoms with E-state index in [1.54, 1.807) is 29.0 Å². The second kappa shape index (κ2) is 6.29. The molecule has 0 amide bonds. The summed E-state index contributed by atoms with van der Waals surface area (Å²) in [7, 11) is -0.424. The van der Waals surface area contributed by atoms with Gasteiger partial charge in [-0.25, -0.2) is 22.7 Å². The first kappa shape index (κ1) is 14.9. The smallest absolute Gasteiger partial charge is 0.244 e. The van der Waals surface area contributed by atoms with Crippen molar-refractivity contribution in [2.75, 3.05) is 26.0 Å². The van der Waals surface area contributed by atoms with E-state index in [0.717, 1.165) is 12.1 Å². The van der Waals surface area contributed by atoms with Gasteiger partial charge in [-0.1, -0.05) is 0 Å². The van der Waals surface area contributed by atoms with Crippen molar-refractivity contribution < 1.29 is 8.42 Å². The molecule has 2 rings (SSSR count). The van der Waals surface area contributed by atoms with Crippen LogP contribution in [-0.4, -0.2) is 43.3 Å². The summed E-state index contributed by atoms with van der Waals surface area (Å²) in [6, 6.07) is 3.21. The van der Waals surface area contributed by atoms with Crippen LogP contribution in [0.15, 0.2) is 34.1 Å². The first-order valence-electron chi connectivity index (χ1n) is 5.99. The van der Waals surface area contributed by atoms with E-state index in [1.165, 1.54) is 24.6 Å². The highest BCUT2D eigenvalue weighted by Crippen LogP contribution is 2.13. The van der Waals surface area contributed by atoms with E-state index >= 15 is 0 Å². The third-order valence-electron chi connectivity index (χ3n) is 2.69. The summed E-state index contributed by atoms with van der Waals surface area (Å²) >= 11 is 1.57. The lowest BCUT2D eigenvalue weighted by molar-refractivity contribution is 0.520.